The van der Waals surface area contributed by atoms with Crippen LogP contribution in [0, 0.1) is 0 Å². The molecule has 0 spiro atoms. The van der Waals surface area contributed by atoms with Crippen LogP contribution in [0.4, 0.5) is 13.2 Å². The quantitative estimate of drug-likeness (QED) is 0.525. The van der Waals surface area contributed by atoms with Crippen LogP contribution in [0.3, 0.4) is 0 Å². The summed E-state index contributed by atoms with van der Waals surface area (Å²) in [4.78, 5) is 36.1. The van der Waals surface area contributed by atoms with Crippen LogP contribution < -0.4 is 0 Å². The molecule has 4 rings (SSSR count). The fourth-order valence-corrected chi connectivity index (χ4v) is 4.56. The minimum atomic E-state index is -4.46. The lowest BCUT2D eigenvalue weighted by atomic mass is 10.1. The molecule has 0 radical (unpaired) electrons. The fraction of sp³-hybridized carbons (Fsp3) is 0.560. The van der Waals surface area contributed by atoms with Gasteiger partial charge >= 0.3 is 6.18 Å². The topological polar surface area (TPSA) is 82.4 Å². The van der Waals surface area contributed by atoms with Crippen molar-refractivity contribution in [3.63, 3.8) is 0 Å². The number of carbonyl (C=O) groups excluding carboxylic acids is 2. The first-order valence-corrected chi connectivity index (χ1v) is 12.4. The van der Waals surface area contributed by atoms with Gasteiger partial charge in [0.25, 0.3) is 5.91 Å². The number of oxazole rings is 1. The molecule has 2 aromatic rings. The number of carbonyl (C=O) groups is 2. The molecule has 0 aliphatic carbocycles. The van der Waals surface area contributed by atoms with Gasteiger partial charge in [-0.15, -0.1) is 0 Å². The van der Waals surface area contributed by atoms with Gasteiger partial charge in [-0.2, -0.15) is 13.2 Å². The van der Waals surface area contributed by atoms with Crippen molar-refractivity contribution in [3.8, 4) is 0 Å². The molecule has 0 N–H and O–H groups in total. The summed E-state index contributed by atoms with van der Waals surface area (Å²) >= 11 is 0. The molecule has 12 heteroatoms. The van der Waals surface area contributed by atoms with Gasteiger partial charge in [0.15, 0.2) is 5.69 Å². The minimum Gasteiger partial charge on any atom is -0.447 e. The maximum atomic E-state index is 13.6. The molecule has 2 fully saturated rings. The first kappa shape index (κ1) is 27.1. The zero-order valence-electron chi connectivity index (χ0n) is 20.9. The molecule has 202 valence electrons. The number of hydrogen-bond acceptors (Lipinski definition) is 7. The van der Waals surface area contributed by atoms with Crippen molar-refractivity contribution < 1.29 is 31.9 Å². The van der Waals surface area contributed by atoms with Crippen molar-refractivity contribution >= 4 is 11.8 Å². The maximum Gasteiger partial charge on any atom is 0.416 e. The highest BCUT2D eigenvalue weighted by atomic mass is 19.4. The van der Waals surface area contributed by atoms with Crippen molar-refractivity contribution in [2.75, 3.05) is 65.6 Å². The lowest BCUT2D eigenvalue weighted by Crippen LogP contribution is -2.50. The number of ether oxygens (including phenoxy) is 1. The lowest BCUT2D eigenvalue weighted by molar-refractivity contribution is -0.138. The zero-order chi connectivity index (χ0) is 26.4. The zero-order valence-corrected chi connectivity index (χ0v) is 20.9. The monoisotopic (exact) mass is 523 g/mol. The number of halogens is 3. The third-order valence-electron chi connectivity index (χ3n) is 6.69. The molecule has 9 nitrogen and oxygen atoms in total. The Morgan fingerprint density at radius 1 is 1.00 bits per heavy atom. The minimum absolute atomic E-state index is 0.0277. The summed E-state index contributed by atoms with van der Waals surface area (Å²) in [5.41, 5.74) is -0.349. The first-order chi connectivity index (χ1) is 17.7. The predicted octanol–water partition coefficient (Wildman–Crippen LogP) is 2.33. The van der Waals surface area contributed by atoms with Gasteiger partial charge in [-0.25, -0.2) is 4.98 Å². The highest BCUT2D eigenvalue weighted by Gasteiger charge is 2.33. The molecule has 0 atom stereocenters. The summed E-state index contributed by atoms with van der Waals surface area (Å²) in [5, 5.41) is 0. The van der Waals surface area contributed by atoms with E-state index in [1.807, 2.05) is 4.90 Å². The van der Waals surface area contributed by atoms with E-state index in [9.17, 15) is 22.8 Å². The van der Waals surface area contributed by atoms with Gasteiger partial charge in [0, 0.05) is 65.8 Å². The van der Waals surface area contributed by atoms with E-state index in [0.29, 0.717) is 52.5 Å². The second-order valence-electron chi connectivity index (χ2n) is 9.24. The van der Waals surface area contributed by atoms with Gasteiger partial charge in [0.1, 0.15) is 6.26 Å². The third kappa shape index (κ3) is 7.30. The van der Waals surface area contributed by atoms with Gasteiger partial charge in [-0.3, -0.25) is 19.4 Å². The van der Waals surface area contributed by atoms with Crippen LogP contribution in [0.2, 0.25) is 0 Å². The lowest BCUT2D eigenvalue weighted by Gasteiger charge is -2.33. The second-order valence-corrected chi connectivity index (χ2v) is 9.24. The molecule has 0 bridgehead atoms. The van der Waals surface area contributed by atoms with Crippen LogP contribution in [0.15, 0.2) is 34.9 Å². The largest absolute Gasteiger partial charge is 0.447 e. The molecule has 1 aromatic heterocycles. The Labute approximate surface area is 213 Å². The standard InChI is InChI=1S/C25H32F3N5O4/c1-19(34)32-8-10-33(11-9-32)24(35)22-18-37-23(29-22)17-31(7-6-30-12-14-36-15-13-30)16-20-4-2-3-5-21(20)25(26,27)28/h2-5,18H,6-17H2,1H3. The van der Waals surface area contributed by atoms with Crippen LogP contribution in [0.5, 0.6) is 0 Å². The van der Waals surface area contributed by atoms with E-state index in [4.69, 9.17) is 9.15 Å². The molecule has 37 heavy (non-hydrogen) atoms. The van der Waals surface area contributed by atoms with Crippen LogP contribution in [-0.4, -0.2) is 102 Å². The van der Waals surface area contributed by atoms with E-state index in [0.717, 1.165) is 19.2 Å². The van der Waals surface area contributed by atoms with Crippen LogP contribution in [0.1, 0.15) is 34.4 Å². The Morgan fingerprint density at radius 2 is 1.68 bits per heavy atom. The summed E-state index contributed by atoms with van der Waals surface area (Å²) in [5.74, 6) is -0.0576. The normalized spacial score (nSPS) is 17.4. The summed E-state index contributed by atoms with van der Waals surface area (Å²) in [7, 11) is 0. The molecule has 0 saturated carbocycles. The highest BCUT2D eigenvalue weighted by molar-refractivity contribution is 5.92. The number of alkyl halides is 3. The number of morpholine rings is 1. The van der Waals surface area contributed by atoms with Crippen LogP contribution in [0.25, 0.3) is 0 Å². The van der Waals surface area contributed by atoms with Gasteiger partial charge in [-0.05, 0) is 11.6 Å². The van der Waals surface area contributed by atoms with Crippen molar-refractivity contribution in [1.82, 2.24) is 24.6 Å². The van der Waals surface area contributed by atoms with Crippen molar-refractivity contribution in [2.24, 2.45) is 0 Å². The number of piperazine rings is 1. The smallest absolute Gasteiger partial charge is 0.416 e. The average molecular weight is 524 g/mol. The summed E-state index contributed by atoms with van der Waals surface area (Å²) in [6, 6.07) is 5.55. The van der Waals surface area contributed by atoms with E-state index in [1.54, 1.807) is 15.9 Å². The van der Waals surface area contributed by atoms with Gasteiger partial charge in [0.2, 0.25) is 11.8 Å². The van der Waals surface area contributed by atoms with Crippen molar-refractivity contribution in [1.29, 1.82) is 0 Å². The number of rotatable bonds is 8. The molecule has 2 amide bonds. The first-order valence-electron chi connectivity index (χ1n) is 12.4. The van der Waals surface area contributed by atoms with Crippen LogP contribution >= 0.6 is 0 Å². The molecule has 2 saturated heterocycles. The van der Waals surface area contributed by atoms with Crippen LogP contribution in [-0.2, 0) is 28.8 Å². The van der Waals surface area contributed by atoms with Crippen molar-refractivity contribution in [3.05, 3.63) is 53.2 Å². The van der Waals surface area contributed by atoms with Gasteiger partial charge < -0.3 is 19.0 Å². The molecular weight excluding hydrogens is 491 g/mol. The van der Waals surface area contributed by atoms with E-state index < -0.39 is 11.7 Å². The summed E-state index contributed by atoms with van der Waals surface area (Å²) in [6.07, 6.45) is -3.17. The highest BCUT2D eigenvalue weighted by Crippen LogP contribution is 2.32. The average Bonchev–Trinajstić information content (AvgIpc) is 3.35. The molecule has 3 heterocycles. The summed E-state index contributed by atoms with van der Waals surface area (Å²) < 4.78 is 51.8. The molecule has 0 unspecified atom stereocenters. The SMILES string of the molecule is CC(=O)N1CCN(C(=O)c2coc(CN(CCN3CCOCC3)Cc3ccccc3C(F)(F)F)n2)CC1. The third-order valence-corrected chi connectivity index (χ3v) is 6.69. The fourth-order valence-electron chi connectivity index (χ4n) is 4.56. The Morgan fingerprint density at radius 3 is 2.35 bits per heavy atom. The van der Waals surface area contributed by atoms with E-state index in [-0.39, 0.29) is 42.1 Å². The number of amides is 2. The number of aromatic nitrogens is 1. The Hall–Kier alpha value is -2.96. The number of hydrogen-bond donors (Lipinski definition) is 0. The summed E-state index contributed by atoms with van der Waals surface area (Å²) in [6.45, 7) is 7.37. The molecule has 2 aliphatic heterocycles. The predicted molar refractivity (Wildman–Crippen MR) is 127 cm³/mol. The molecule has 1 aromatic carbocycles. The van der Waals surface area contributed by atoms with E-state index in [2.05, 4.69) is 9.88 Å². The van der Waals surface area contributed by atoms with E-state index in [1.165, 1.54) is 25.3 Å². The number of benzene rings is 1. The van der Waals surface area contributed by atoms with Crippen molar-refractivity contribution in [2.45, 2.75) is 26.2 Å². The molecular formula is C25H32F3N5O4. The Kier molecular flexibility index (Phi) is 8.83. The van der Waals surface area contributed by atoms with E-state index >= 15 is 0 Å². The van der Waals surface area contributed by atoms with Gasteiger partial charge in [-0.1, -0.05) is 18.2 Å². The Bertz CT molecular complexity index is 1060. The van der Waals surface area contributed by atoms with Gasteiger partial charge in [0.05, 0.1) is 25.3 Å². The molecule has 2 aliphatic rings. The Balaban J connectivity index is 1.44. The second kappa shape index (κ2) is 12.1. The maximum absolute atomic E-state index is 13.6. The number of nitrogens with zero attached hydrogens (tertiary/aromatic N) is 5.